The third-order valence-electron chi connectivity index (χ3n) is 4.33. The second-order valence-electron chi connectivity index (χ2n) is 6.28. The molecule has 0 bridgehead atoms. The lowest BCUT2D eigenvalue weighted by Gasteiger charge is -2.11. The Morgan fingerprint density at radius 3 is 2.72 bits per heavy atom. The molecule has 25 heavy (non-hydrogen) atoms. The molecule has 4 rings (SSSR count). The molecule has 1 N–H and O–H groups in total. The fourth-order valence-electron chi connectivity index (χ4n) is 3.00. The highest BCUT2D eigenvalue weighted by atomic mass is 16.3. The van der Waals surface area contributed by atoms with Gasteiger partial charge in [-0.3, -0.25) is 4.99 Å². The highest BCUT2D eigenvalue weighted by Crippen LogP contribution is 2.25. The lowest BCUT2D eigenvalue weighted by molar-refractivity contribution is -0.310. The Morgan fingerprint density at radius 2 is 1.92 bits per heavy atom. The normalized spacial score (nSPS) is 12.2. The van der Waals surface area contributed by atoms with Crippen LogP contribution in [0.15, 0.2) is 70.6 Å². The van der Waals surface area contributed by atoms with Gasteiger partial charge in [0.05, 0.1) is 17.3 Å². The molecule has 0 aliphatic heterocycles. The minimum atomic E-state index is 0.612. The van der Waals surface area contributed by atoms with E-state index in [2.05, 4.69) is 51.8 Å². The van der Waals surface area contributed by atoms with Crippen molar-refractivity contribution in [3.63, 3.8) is 0 Å². The van der Waals surface area contributed by atoms with Crippen LogP contribution in [-0.2, 0) is 0 Å². The summed E-state index contributed by atoms with van der Waals surface area (Å²) in [6.07, 6.45) is 1.80. The van der Waals surface area contributed by atoms with Gasteiger partial charge < -0.3 is 9.32 Å². The van der Waals surface area contributed by atoms with Crippen LogP contribution in [-0.4, -0.2) is 20.6 Å². The number of rotatable bonds is 3. The fraction of sp³-hybridized carbons (Fsp3) is 0.143. The van der Waals surface area contributed by atoms with Crippen LogP contribution in [0.4, 0.5) is 5.69 Å². The van der Waals surface area contributed by atoms with E-state index in [-0.39, 0.29) is 0 Å². The Kier molecular flexibility index (Phi) is 3.73. The van der Waals surface area contributed by atoms with Crippen LogP contribution in [0.2, 0.25) is 0 Å². The predicted molar refractivity (Wildman–Crippen MR) is 103 cm³/mol. The Bertz CT molecular complexity index is 1170. The fourth-order valence-corrected chi connectivity index (χ4v) is 3.00. The van der Waals surface area contributed by atoms with Gasteiger partial charge in [0.2, 0.25) is 11.1 Å². The number of nitrogens with one attached hydrogen (secondary N) is 1. The molecule has 0 saturated carbocycles. The lowest BCUT2D eigenvalue weighted by atomic mass is 10.1. The van der Waals surface area contributed by atoms with E-state index < -0.39 is 0 Å². The summed E-state index contributed by atoms with van der Waals surface area (Å²) in [5.41, 5.74) is 4.73. The second kappa shape index (κ2) is 6.06. The Balaban J connectivity index is 2.02. The Hall–Kier alpha value is -3.14. The van der Waals surface area contributed by atoms with Crippen molar-refractivity contribution < 1.29 is 9.40 Å². The first-order valence-corrected chi connectivity index (χ1v) is 8.27. The average Bonchev–Trinajstić information content (AvgIpc) is 2.64. The smallest absolute Gasteiger partial charge is 0.255 e. The maximum absolute atomic E-state index is 6.16. The van der Waals surface area contributed by atoms with Gasteiger partial charge in [0.15, 0.2) is 5.58 Å². The number of aromatic nitrogens is 1. The molecule has 0 radical (unpaired) electrons. The van der Waals surface area contributed by atoms with Crippen molar-refractivity contribution in [2.75, 3.05) is 25.5 Å². The first-order valence-electron chi connectivity index (χ1n) is 8.27. The van der Waals surface area contributed by atoms with Crippen LogP contribution in [0.5, 0.6) is 0 Å². The van der Waals surface area contributed by atoms with Crippen molar-refractivity contribution in [3.8, 4) is 0 Å². The topological polar surface area (TPSA) is 42.9 Å². The summed E-state index contributed by atoms with van der Waals surface area (Å²) in [5, 5.41) is 3.20. The number of nitrogens with zero attached hydrogens (tertiary/aromatic N) is 2. The van der Waals surface area contributed by atoms with E-state index in [0.717, 1.165) is 44.0 Å². The van der Waals surface area contributed by atoms with E-state index in [1.165, 1.54) is 0 Å². The van der Waals surface area contributed by atoms with Gasteiger partial charge in [-0.1, -0.05) is 18.2 Å². The van der Waals surface area contributed by atoms with Gasteiger partial charge in [-0.25, -0.2) is 0 Å². The van der Waals surface area contributed by atoms with E-state index in [1.807, 2.05) is 32.3 Å². The largest absolute Gasteiger partial charge is 0.443 e. The number of aromatic amines is 1. The SMILES string of the molecule is C=CCN=c1ccc2ccc3oc4cc(N(C)C)ccc4[nH+]c3c2c1. The molecule has 4 aromatic rings. The van der Waals surface area contributed by atoms with E-state index in [0.29, 0.717) is 6.54 Å². The van der Waals surface area contributed by atoms with Crippen LogP contribution in [0, 0.1) is 0 Å². The molecule has 0 fully saturated rings. The highest BCUT2D eigenvalue weighted by Gasteiger charge is 2.13. The van der Waals surface area contributed by atoms with Crippen molar-refractivity contribution >= 4 is 38.7 Å². The predicted octanol–water partition coefficient (Wildman–Crippen LogP) is 3.71. The van der Waals surface area contributed by atoms with Crippen molar-refractivity contribution in [3.05, 3.63) is 66.5 Å². The summed E-state index contributed by atoms with van der Waals surface area (Å²) in [6, 6.07) is 16.5. The Labute approximate surface area is 145 Å². The molecule has 0 aliphatic carbocycles. The van der Waals surface area contributed by atoms with Crippen molar-refractivity contribution in [2.45, 2.75) is 0 Å². The van der Waals surface area contributed by atoms with Crippen molar-refractivity contribution in [1.29, 1.82) is 0 Å². The molecule has 4 nitrogen and oxygen atoms in total. The maximum Gasteiger partial charge on any atom is 0.255 e. The third-order valence-corrected chi connectivity index (χ3v) is 4.33. The zero-order chi connectivity index (χ0) is 17.4. The van der Waals surface area contributed by atoms with E-state index >= 15 is 0 Å². The first-order chi connectivity index (χ1) is 12.2. The van der Waals surface area contributed by atoms with Gasteiger partial charge in [-0.05, 0) is 29.7 Å². The molecule has 0 spiro atoms. The minimum absolute atomic E-state index is 0.612. The second-order valence-corrected chi connectivity index (χ2v) is 6.28. The minimum Gasteiger partial charge on any atom is -0.443 e. The van der Waals surface area contributed by atoms with Gasteiger partial charge in [0.25, 0.3) is 5.52 Å². The summed E-state index contributed by atoms with van der Waals surface area (Å²) < 4.78 is 6.16. The van der Waals surface area contributed by atoms with Crippen LogP contribution in [0.25, 0.3) is 33.0 Å². The highest BCUT2D eigenvalue weighted by molar-refractivity contribution is 6.02. The molecule has 4 heteroatoms. The van der Waals surface area contributed by atoms with Crippen molar-refractivity contribution in [2.24, 2.45) is 4.99 Å². The molecule has 1 heterocycles. The molecule has 0 unspecified atom stereocenters. The molecular weight excluding hydrogens is 310 g/mol. The zero-order valence-electron chi connectivity index (χ0n) is 14.4. The lowest BCUT2D eigenvalue weighted by Crippen LogP contribution is -2.11. The van der Waals surface area contributed by atoms with Crippen LogP contribution >= 0.6 is 0 Å². The molecular formula is C21H20N3O+. The number of hydrogen-bond donors (Lipinski definition) is 0. The first kappa shape index (κ1) is 15.4. The molecule has 0 saturated heterocycles. The number of H-pyrrole nitrogens is 1. The molecule has 3 aromatic carbocycles. The Morgan fingerprint density at radius 1 is 1.08 bits per heavy atom. The summed E-state index contributed by atoms with van der Waals surface area (Å²) in [5.74, 6) is 0. The molecule has 0 aliphatic rings. The monoisotopic (exact) mass is 330 g/mol. The van der Waals surface area contributed by atoms with Crippen LogP contribution in [0.1, 0.15) is 0 Å². The molecule has 124 valence electrons. The molecule has 1 aromatic heterocycles. The van der Waals surface area contributed by atoms with E-state index in [4.69, 9.17) is 4.42 Å². The summed E-state index contributed by atoms with van der Waals surface area (Å²) in [6.45, 7) is 4.33. The molecule has 0 atom stereocenters. The molecule has 0 amide bonds. The number of fused-ring (bicyclic) bond motifs is 4. The maximum atomic E-state index is 6.16. The number of benzene rings is 3. The summed E-state index contributed by atoms with van der Waals surface area (Å²) >= 11 is 0. The number of anilines is 1. The summed E-state index contributed by atoms with van der Waals surface area (Å²) in [7, 11) is 4.04. The van der Waals surface area contributed by atoms with Gasteiger partial charge in [-0.2, -0.15) is 4.98 Å². The third kappa shape index (κ3) is 2.76. The van der Waals surface area contributed by atoms with Crippen LogP contribution in [0.3, 0.4) is 0 Å². The van der Waals surface area contributed by atoms with Gasteiger partial charge in [0, 0.05) is 31.9 Å². The zero-order valence-corrected chi connectivity index (χ0v) is 14.4. The van der Waals surface area contributed by atoms with E-state index in [1.54, 1.807) is 6.08 Å². The van der Waals surface area contributed by atoms with Gasteiger partial charge >= 0.3 is 0 Å². The van der Waals surface area contributed by atoms with E-state index in [9.17, 15) is 0 Å². The van der Waals surface area contributed by atoms with Crippen LogP contribution < -0.4 is 15.2 Å². The van der Waals surface area contributed by atoms with Gasteiger partial charge in [-0.15, -0.1) is 6.58 Å². The standard InChI is InChI=1S/C21H19N3O/c1-4-11-22-15-7-5-14-6-10-19-21(17(14)12-15)23-18-9-8-16(24(2)3)13-20(18)25-19/h4-10,12-13H,1,11H2,2-3H3/p+1. The quantitative estimate of drug-likeness (QED) is 0.326. The summed E-state index contributed by atoms with van der Waals surface area (Å²) in [4.78, 5) is 10.1. The van der Waals surface area contributed by atoms with Gasteiger partial charge in [0.1, 0.15) is 0 Å². The number of hydrogen-bond acceptors (Lipinski definition) is 3. The average molecular weight is 330 g/mol. The van der Waals surface area contributed by atoms with Crippen molar-refractivity contribution in [1.82, 2.24) is 0 Å².